The summed E-state index contributed by atoms with van der Waals surface area (Å²) in [5.41, 5.74) is 1.29. The van der Waals surface area contributed by atoms with E-state index in [9.17, 15) is 0 Å². The van der Waals surface area contributed by atoms with E-state index < -0.39 is 0 Å². The fourth-order valence-corrected chi connectivity index (χ4v) is 1.45. The number of aromatic nitrogens is 4. The zero-order chi connectivity index (χ0) is 12.4. The number of hydrogen-bond acceptors (Lipinski definition) is 4. The van der Waals surface area contributed by atoms with Crippen LogP contribution in [-0.2, 0) is 0 Å². The van der Waals surface area contributed by atoms with E-state index in [4.69, 9.17) is 4.84 Å². The molecule has 0 saturated carbocycles. The third-order valence-electron chi connectivity index (χ3n) is 2.11. The highest BCUT2D eigenvalue weighted by Crippen LogP contribution is 2.04. The third kappa shape index (κ3) is 2.58. The normalized spacial score (nSPS) is 9.78. The highest BCUT2D eigenvalue weighted by Gasteiger charge is 2.17. The number of hydrogen-bond donors (Lipinski definition) is 0. The minimum absolute atomic E-state index is 0. The average Bonchev–Trinajstić information content (AvgIpc) is 2.68. The molecule has 2 aromatic rings. The molecule has 0 unspecified atom stereocenters. The van der Waals surface area contributed by atoms with Gasteiger partial charge in [0.05, 0.1) is 28.2 Å². The molecule has 0 amide bonds. The molecule has 0 aliphatic carbocycles. The van der Waals surface area contributed by atoms with E-state index in [1.807, 2.05) is 49.8 Å². The summed E-state index contributed by atoms with van der Waals surface area (Å²) >= 11 is 0. The molecule has 18 heavy (non-hydrogen) atoms. The summed E-state index contributed by atoms with van der Waals surface area (Å²) in [4.78, 5) is 13.0. The van der Waals surface area contributed by atoms with Crippen molar-refractivity contribution in [3.63, 3.8) is 0 Å². The number of rotatable bonds is 1. The summed E-state index contributed by atoms with van der Waals surface area (Å²) in [5, 5.41) is 7.87. The molecule has 0 spiro atoms. The summed E-state index contributed by atoms with van der Waals surface area (Å²) in [7, 11) is 7.56. The fourth-order valence-electron chi connectivity index (χ4n) is 1.45. The van der Waals surface area contributed by atoms with Crippen LogP contribution in [0.15, 0.2) is 18.3 Å². The molecule has 8 heteroatoms. The molecule has 2 aromatic heterocycles. The lowest BCUT2D eigenvalue weighted by Crippen LogP contribution is -2.39. The van der Waals surface area contributed by atoms with Gasteiger partial charge >= 0.3 is 6.02 Å². The van der Waals surface area contributed by atoms with Crippen molar-refractivity contribution in [2.24, 2.45) is 0 Å². The van der Waals surface area contributed by atoms with E-state index in [1.54, 1.807) is 6.20 Å². The molecule has 0 N–H and O–H groups in total. The topological polar surface area (TPSA) is 59.1 Å². The third-order valence-corrected chi connectivity index (χ3v) is 2.11. The molecule has 0 radical (unpaired) electrons. The average molecular weight is 250 g/mol. The van der Waals surface area contributed by atoms with Gasteiger partial charge in [0, 0.05) is 6.20 Å². The monoisotopic (exact) mass is 250 g/mol. The lowest BCUT2D eigenvalue weighted by Gasteiger charge is -2.09. The molecule has 0 fully saturated rings. The first kappa shape index (κ1) is 13.9. The molecule has 98 valence electrons. The molecule has 2 rings (SSSR count). The highest BCUT2D eigenvalue weighted by molar-refractivity contribution is 5.75. The second-order valence-electron chi connectivity index (χ2n) is 3.97. The van der Waals surface area contributed by atoms with Gasteiger partial charge in [-0.15, -0.1) is 5.10 Å². The molecule has 0 bridgehead atoms. The van der Waals surface area contributed by atoms with E-state index in [0.29, 0.717) is 17.2 Å². The van der Waals surface area contributed by atoms with Crippen molar-refractivity contribution in [2.75, 3.05) is 28.2 Å². The van der Waals surface area contributed by atoms with Gasteiger partial charge < -0.3 is 0 Å². The van der Waals surface area contributed by atoms with E-state index in [-0.39, 0.29) is 8.41 Å². The fraction of sp³-hybridized carbons (Fsp3) is 0.400. The second kappa shape index (κ2) is 5.48. The maximum Gasteiger partial charge on any atom is 0.472 e. The molecule has 0 aliphatic rings. The van der Waals surface area contributed by atoms with Crippen LogP contribution in [0.2, 0.25) is 0 Å². The van der Waals surface area contributed by atoms with Crippen molar-refractivity contribution >= 4 is 25.6 Å². The standard InChI is InChI=1S/C10H15N6O.BH4/c1-14(2)10(15(3)4)17-16-9-8(12-13-16)6-5-7-11-9;/h5-7H,1-4H3;1H4/q+1;-1. The molecule has 0 aliphatic heterocycles. The van der Waals surface area contributed by atoms with Crippen LogP contribution >= 0.6 is 0 Å². The Morgan fingerprint density at radius 1 is 1.39 bits per heavy atom. The van der Waals surface area contributed by atoms with Crippen molar-refractivity contribution in [1.82, 2.24) is 25.0 Å². The van der Waals surface area contributed by atoms with Gasteiger partial charge in [0.1, 0.15) is 5.52 Å². The van der Waals surface area contributed by atoms with Crippen LogP contribution in [0.1, 0.15) is 0 Å². The minimum atomic E-state index is 0. The number of amidine groups is 1. The van der Waals surface area contributed by atoms with E-state index in [0.717, 1.165) is 0 Å². The van der Waals surface area contributed by atoms with E-state index in [2.05, 4.69) is 15.3 Å². The molecule has 0 atom stereocenters. The van der Waals surface area contributed by atoms with Crippen molar-refractivity contribution < 1.29 is 9.41 Å². The zero-order valence-corrected chi connectivity index (χ0v) is 10.3. The second-order valence-corrected chi connectivity index (χ2v) is 3.97. The van der Waals surface area contributed by atoms with Gasteiger partial charge in [-0.05, 0) is 22.2 Å². The first-order chi connectivity index (χ1) is 8.09. The largest absolute Gasteiger partial charge is 0.472 e. The Labute approximate surface area is 107 Å². The summed E-state index contributed by atoms with van der Waals surface area (Å²) in [5.74, 6) is 0. The van der Waals surface area contributed by atoms with Crippen molar-refractivity contribution in [2.45, 2.75) is 0 Å². The van der Waals surface area contributed by atoms with Crippen LogP contribution in [0.4, 0.5) is 0 Å². The summed E-state index contributed by atoms with van der Waals surface area (Å²) in [6.45, 7) is 0. The van der Waals surface area contributed by atoms with Gasteiger partial charge in [0.2, 0.25) is 5.65 Å². The van der Waals surface area contributed by atoms with Crippen LogP contribution in [-0.4, -0.2) is 72.2 Å². The molecule has 7 nitrogen and oxygen atoms in total. The Bertz CT molecular complexity index is 560. The van der Waals surface area contributed by atoms with Gasteiger partial charge in [0.15, 0.2) is 0 Å². The number of pyridine rings is 1. The predicted molar refractivity (Wildman–Crippen MR) is 74.0 cm³/mol. The lowest BCUT2D eigenvalue weighted by molar-refractivity contribution is -0.480. The van der Waals surface area contributed by atoms with Crippen LogP contribution in [0.25, 0.3) is 11.2 Å². The van der Waals surface area contributed by atoms with E-state index in [1.165, 1.54) is 4.85 Å². The molecular formula is C10H19BN6O. The minimum Gasteiger partial charge on any atom is -0.277 e. The van der Waals surface area contributed by atoms with Crippen LogP contribution in [0.3, 0.4) is 0 Å². The van der Waals surface area contributed by atoms with Gasteiger partial charge in [-0.3, -0.25) is 4.84 Å². The Morgan fingerprint density at radius 3 is 2.72 bits per heavy atom. The van der Waals surface area contributed by atoms with Crippen LogP contribution in [0.5, 0.6) is 0 Å². The first-order valence-electron chi connectivity index (χ1n) is 5.16. The Balaban J connectivity index is 0.00000162. The van der Waals surface area contributed by atoms with Crippen molar-refractivity contribution in [1.29, 1.82) is 0 Å². The highest BCUT2D eigenvalue weighted by atomic mass is 16.7. The van der Waals surface area contributed by atoms with Crippen molar-refractivity contribution in [3.05, 3.63) is 18.3 Å². The predicted octanol–water partition coefficient (Wildman–Crippen LogP) is -2.01. The van der Waals surface area contributed by atoms with Gasteiger partial charge in [-0.2, -0.15) is 0 Å². The summed E-state index contributed by atoms with van der Waals surface area (Å²) in [6.07, 6.45) is 1.68. The quantitative estimate of drug-likeness (QED) is 0.253. The lowest BCUT2D eigenvalue weighted by atomic mass is 10.4. The Morgan fingerprint density at radius 2 is 2.11 bits per heavy atom. The molecule has 2 heterocycles. The maximum absolute atomic E-state index is 5.64. The molecular weight excluding hydrogens is 231 g/mol. The Kier molecular flexibility index (Phi) is 4.25. The van der Waals surface area contributed by atoms with Crippen LogP contribution < -0.4 is 4.84 Å². The number of fused-ring (bicyclic) bond motifs is 1. The number of nitrogens with zero attached hydrogens (tertiary/aromatic N) is 6. The SMILES string of the molecule is CN(C)C(On1nnc2cccnc21)=[N+](C)C.[BH4-]. The molecule has 0 aromatic carbocycles. The van der Waals surface area contributed by atoms with Crippen LogP contribution in [0, 0.1) is 0 Å². The summed E-state index contributed by atoms with van der Waals surface area (Å²) in [6, 6.07) is 4.28. The smallest absolute Gasteiger partial charge is 0.277 e. The van der Waals surface area contributed by atoms with Gasteiger partial charge in [-0.25, -0.2) is 14.5 Å². The van der Waals surface area contributed by atoms with E-state index >= 15 is 0 Å². The first-order valence-corrected chi connectivity index (χ1v) is 5.16. The van der Waals surface area contributed by atoms with Crippen molar-refractivity contribution in [3.8, 4) is 0 Å². The zero-order valence-electron chi connectivity index (χ0n) is 10.3. The van der Waals surface area contributed by atoms with Gasteiger partial charge in [0.25, 0.3) is 0 Å². The summed E-state index contributed by atoms with van der Waals surface area (Å²) < 4.78 is 1.84. The maximum atomic E-state index is 5.64. The molecule has 0 saturated heterocycles. The van der Waals surface area contributed by atoms with Gasteiger partial charge in [-0.1, -0.05) is 8.41 Å². The Hall–Kier alpha value is -2.12.